The number of amides is 1. The summed E-state index contributed by atoms with van der Waals surface area (Å²) >= 11 is 10.5. The molecule has 1 aromatic carbocycles. The van der Waals surface area contributed by atoms with Crippen LogP contribution in [0, 0.1) is 0 Å². The summed E-state index contributed by atoms with van der Waals surface area (Å²) in [6.45, 7) is 0. The number of hydrogen-bond acceptors (Lipinski definition) is 7. The van der Waals surface area contributed by atoms with Gasteiger partial charge in [0.15, 0.2) is 5.13 Å². The molecule has 0 fully saturated rings. The molecule has 0 radical (unpaired) electrons. The minimum Gasteiger partial charge on any atom is -0.297 e. The number of sulfonamides is 1. The molecule has 11 heteroatoms. The molecule has 1 amide bonds. The summed E-state index contributed by atoms with van der Waals surface area (Å²) in [5, 5.41) is 8.37. The van der Waals surface area contributed by atoms with Crippen LogP contribution in [0.2, 0.25) is 5.02 Å². The predicted molar refractivity (Wildman–Crippen MR) is 119 cm³/mol. The van der Waals surface area contributed by atoms with Crippen LogP contribution in [-0.4, -0.2) is 25.6 Å². The van der Waals surface area contributed by atoms with E-state index < -0.39 is 10.0 Å². The lowest BCUT2D eigenvalue weighted by atomic mass is 10.1. The molecule has 0 aliphatic heterocycles. The minimum atomic E-state index is -3.32. The Hall–Kier alpha value is -1.98. The molecule has 0 unspecified atom stereocenters. The van der Waals surface area contributed by atoms with Crippen molar-refractivity contribution in [1.29, 1.82) is 0 Å². The highest BCUT2D eigenvalue weighted by Crippen LogP contribution is 2.39. The molecule has 0 aliphatic rings. The first-order chi connectivity index (χ1) is 13.3. The average Bonchev–Trinajstić information content (AvgIpc) is 3.32. The van der Waals surface area contributed by atoms with E-state index in [1.165, 1.54) is 22.7 Å². The quantitative estimate of drug-likeness (QED) is 0.411. The van der Waals surface area contributed by atoms with Crippen LogP contribution >= 0.6 is 45.6 Å². The van der Waals surface area contributed by atoms with Gasteiger partial charge in [-0.25, -0.2) is 13.4 Å². The Balaban J connectivity index is 1.50. The molecule has 0 atom stereocenters. The Morgan fingerprint density at radius 2 is 1.89 bits per heavy atom. The number of thiophene rings is 2. The number of benzene rings is 1. The lowest BCUT2D eigenvalue weighted by Gasteiger charge is -2.04. The van der Waals surface area contributed by atoms with Crippen LogP contribution in [0.1, 0.15) is 9.67 Å². The molecule has 0 spiro atoms. The lowest BCUT2D eigenvalue weighted by molar-refractivity contribution is 0.103. The molecule has 0 aliphatic carbocycles. The maximum absolute atomic E-state index is 12.5. The van der Waals surface area contributed by atoms with Crippen molar-refractivity contribution < 1.29 is 13.2 Å². The van der Waals surface area contributed by atoms with E-state index in [2.05, 4.69) is 15.0 Å². The maximum Gasteiger partial charge on any atom is 0.269 e. The molecule has 3 aromatic heterocycles. The average molecular weight is 470 g/mol. The zero-order chi connectivity index (χ0) is 19.9. The molecule has 6 nitrogen and oxygen atoms in total. The van der Waals surface area contributed by atoms with Crippen molar-refractivity contribution in [3.63, 3.8) is 0 Å². The Labute approximate surface area is 177 Å². The molecule has 0 saturated carbocycles. The monoisotopic (exact) mass is 469 g/mol. The molecule has 2 N–H and O–H groups in total. The fraction of sp³-hybridized carbons (Fsp3) is 0.0588. The van der Waals surface area contributed by atoms with Crippen molar-refractivity contribution in [2.45, 2.75) is 0 Å². The van der Waals surface area contributed by atoms with Crippen LogP contribution in [0.25, 0.3) is 20.7 Å². The highest BCUT2D eigenvalue weighted by Gasteiger charge is 2.19. The smallest absolute Gasteiger partial charge is 0.269 e. The number of rotatable bonds is 5. The Kier molecular flexibility index (Phi) is 5.15. The molecule has 3 heterocycles. The first-order valence-electron chi connectivity index (χ1n) is 7.81. The van der Waals surface area contributed by atoms with Crippen LogP contribution in [0.3, 0.4) is 0 Å². The van der Waals surface area contributed by atoms with E-state index in [-0.39, 0.29) is 5.91 Å². The van der Waals surface area contributed by atoms with Crippen molar-refractivity contribution in [2.75, 3.05) is 16.3 Å². The molecule has 144 valence electrons. The SMILES string of the molecule is CS(=O)(=O)Nc1ccc(-c2csc(NC(=O)c3sc4sccc4c3Cl)n2)cc1. The number of nitrogens with one attached hydrogen (secondary N) is 2. The van der Waals surface area contributed by atoms with E-state index in [1.54, 1.807) is 35.6 Å². The van der Waals surface area contributed by atoms with Crippen molar-refractivity contribution in [2.24, 2.45) is 0 Å². The van der Waals surface area contributed by atoms with Gasteiger partial charge in [-0.15, -0.1) is 34.0 Å². The highest BCUT2D eigenvalue weighted by atomic mass is 35.5. The first kappa shape index (κ1) is 19.3. The van der Waals surface area contributed by atoms with Gasteiger partial charge in [0.1, 0.15) is 4.88 Å². The number of hydrogen-bond donors (Lipinski definition) is 2. The summed E-state index contributed by atoms with van der Waals surface area (Å²) < 4.78 is 26.0. The third kappa shape index (κ3) is 4.06. The number of carbonyl (C=O) groups is 1. The second kappa shape index (κ2) is 7.45. The van der Waals surface area contributed by atoms with Crippen LogP contribution < -0.4 is 10.0 Å². The van der Waals surface area contributed by atoms with Gasteiger partial charge in [0.2, 0.25) is 10.0 Å². The predicted octanol–water partition coefficient (Wildman–Crippen LogP) is 5.36. The minimum absolute atomic E-state index is 0.285. The first-order valence-corrected chi connectivity index (χ1v) is 12.7. The van der Waals surface area contributed by atoms with Crippen molar-refractivity contribution in [3.05, 3.63) is 51.0 Å². The largest absolute Gasteiger partial charge is 0.297 e. The Morgan fingerprint density at radius 1 is 1.14 bits per heavy atom. The zero-order valence-electron chi connectivity index (χ0n) is 14.2. The molecule has 28 heavy (non-hydrogen) atoms. The van der Waals surface area contributed by atoms with Gasteiger partial charge in [0.05, 0.1) is 21.0 Å². The number of carbonyl (C=O) groups excluding carboxylic acids is 1. The van der Waals surface area contributed by atoms with E-state index in [0.717, 1.165) is 21.2 Å². The van der Waals surface area contributed by atoms with Crippen LogP contribution in [-0.2, 0) is 10.0 Å². The third-order valence-corrected chi connectivity index (χ3v) is 7.79. The van der Waals surface area contributed by atoms with E-state index in [0.29, 0.717) is 26.4 Å². The number of halogens is 1. The van der Waals surface area contributed by atoms with Gasteiger partial charge in [0.25, 0.3) is 5.91 Å². The van der Waals surface area contributed by atoms with Gasteiger partial charge in [0, 0.05) is 22.0 Å². The van der Waals surface area contributed by atoms with Crippen LogP contribution in [0.5, 0.6) is 0 Å². The summed E-state index contributed by atoms with van der Waals surface area (Å²) in [6, 6.07) is 8.74. The fourth-order valence-electron chi connectivity index (χ4n) is 2.48. The van der Waals surface area contributed by atoms with Gasteiger partial charge in [-0.2, -0.15) is 0 Å². The normalized spacial score (nSPS) is 11.6. The summed E-state index contributed by atoms with van der Waals surface area (Å²) in [7, 11) is -3.32. The molecule has 0 bridgehead atoms. The number of anilines is 2. The molecular weight excluding hydrogens is 458 g/mol. The van der Waals surface area contributed by atoms with E-state index in [1.807, 2.05) is 16.8 Å². The van der Waals surface area contributed by atoms with E-state index in [4.69, 9.17) is 11.6 Å². The van der Waals surface area contributed by atoms with E-state index >= 15 is 0 Å². The molecule has 4 aromatic rings. The van der Waals surface area contributed by atoms with E-state index in [9.17, 15) is 13.2 Å². The second-order valence-electron chi connectivity index (χ2n) is 5.81. The fourth-order valence-corrected chi connectivity index (χ4v) is 6.28. The van der Waals surface area contributed by atoms with Gasteiger partial charge < -0.3 is 0 Å². The third-order valence-electron chi connectivity index (χ3n) is 3.68. The standard InChI is InChI=1S/C17H12ClN3O3S4/c1-28(23,24)21-10-4-2-9(3-5-10)12-8-26-17(19-12)20-15(22)14-13(18)11-6-7-25-16(11)27-14/h2-8,21H,1H3,(H,19,20,22). The van der Waals surface area contributed by atoms with Crippen LogP contribution in [0.15, 0.2) is 41.1 Å². The van der Waals surface area contributed by atoms with Gasteiger partial charge >= 0.3 is 0 Å². The summed E-state index contributed by atoms with van der Waals surface area (Å²) in [6.07, 6.45) is 1.10. The molecular formula is C17H12ClN3O3S4. The number of thiazole rings is 1. The number of aromatic nitrogens is 1. The Bertz CT molecular complexity index is 1270. The van der Waals surface area contributed by atoms with Crippen LogP contribution in [0.4, 0.5) is 10.8 Å². The topological polar surface area (TPSA) is 88.2 Å². The summed E-state index contributed by atoms with van der Waals surface area (Å²) in [5.41, 5.74) is 1.97. The molecule has 4 rings (SSSR count). The number of nitrogens with zero attached hydrogens (tertiary/aromatic N) is 1. The van der Waals surface area contributed by atoms with Crippen molar-refractivity contribution in [3.8, 4) is 11.3 Å². The summed E-state index contributed by atoms with van der Waals surface area (Å²) in [4.78, 5) is 17.4. The number of fused-ring (bicyclic) bond motifs is 1. The zero-order valence-corrected chi connectivity index (χ0v) is 18.2. The van der Waals surface area contributed by atoms with Gasteiger partial charge in [-0.3, -0.25) is 14.8 Å². The van der Waals surface area contributed by atoms with Gasteiger partial charge in [-0.1, -0.05) is 23.7 Å². The second-order valence-corrected chi connectivity index (χ2v) is 11.0. The lowest BCUT2D eigenvalue weighted by Crippen LogP contribution is -2.10. The maximum atomic E-state index is 12.5. The molecule has 0 saturated heterocycles. The van der Waals surface area contributed by atoms with Gasteiger partial charge in [-0.05, 0) is 23.6 Å². The Morgan fingerprint density at radius 3 is 2.57 bits per heavy atom. The van der Waals surface area contributed by atoms with Crippen molar-refractivity contribution in [1.82, 2.24) is 4.98 Å². The highest BCUT2D eigenvalue weighted by molar-refractivity contribution is 7.92. The van der Waals surface area contributed by atoms with Crippen molar-refractivity contribution >= 4 is 81.8 Å². The summed E-state index contributed by atoms with van der Waals surface area (Å²) in [5.74, 6) is -0.285.